The van der Waals surface area contributed by atoms with Crippen molar-refractivity contribution in [1.29, 1.82) is 0 Å². The van der Waals surface area contributed by atoms with Crippen molar-refractivity contribution in [2.75, 3.05) is 0 Å². The minimum absolute atomic E-state index is 0.0349. The summed E-state index contributed by atoms with van der Waals surface area (Å²) in [5.74, 6) is 0.621. The molecular formula is C26H30ClN3O2. The lowest BCUT2D eigenvalue weighted by atomic mass is 9.90. The second-order valence-electron chi connectivity index (χ2n) is 8.61. The van der Waals surface area contributed by atoms with Crippen molar-refractivity contribution in [1.82, 2.24) is 10.3 Å². The highest BCUT2D eigenvalue weighted by molar-refractivity contribution is 6.33. The monoisotopic (exact) mass is 451 g/mol. The van der Waals surface area contributed by atoms with Crippen LogP contribution in [0.1, 0.15) is 63.9 Å². The number of aliphatic imine (C=N–C) groups is 1. The number of carbonyl (C=O) groups excluding carboxylic acids is 1. The summed E-state index contributed by atoms with van der Waals surface area (Å²) in [4.78, 5) is 20.3. The lowest BCUT2D eigenvalue weighted by Crippen LogP contribution is -2.33. The molecule has 168 valence electrons. The Bertz CT molecular complexity index is 995. The molecule has 1 saturated carbocycles. The van der Waals surface area contributed by atoms with Crippen LogP contribution in [0.25, 0.3) is 16.8 Å². The van der Waals surface area contributed by atoms with Crippen molar-refractivity contribution in [2.24, 2.45) is 4.99 Å². The fraction of sp³-hybridized carbons (Fsp3) is 0.423. The summed E-state index contributed by atoms with van der Waals surface area (Å²) in [5, 5.41) is 3.60. The Hall–Kier alpha value is -2.66. The number of aromatic nitrogens is 1. The largest absolute Gasteiger partial charge is 0.480 e. The summed E-state index contributed by atoms with van der Waals surface area (Å²) in [6.45, 7) is 1.57. The molecule has 1 aromatic heterocycles. The normalized spacial score (nSPS) is 19.6. The molecule has 1 unspecified atom stereocenters. The smallest absolute Gasteiger partial charge is 0.217 e. The molecule has 0 radical (unpaired) electrons. The summed E-state index contributed by atoms with van der Waals surface area (Å²) in [6.07, 6.45) is 12.8. The highest BCUT2D eigenvalue weighted by atomic mass is 35.5. The van der Waals surface area contributed by atoms with Crippen LogP contribution in [0, 0.1) is 0 Å². The molecule has 6 heteroatoms. The first-order valence-electron chi connectivity index (χ1n) is 11.5. The number of ether oxygens (including phenoxy) is 1. The molecule has 32 heavy (non-hydrogen) atoms. The predicted molar refractivity (Wildman–Crippen MR) is 130 cm³/mol. The topological polar surface area (TPSA) is 63.6 Å². The van der Waals surface area contributed by atoms with Gasteiger partial charge in [0.15, 0.2) is 12.2 Å². The SMILES string of the molecule is CC(=O)NC1CC=C(c2ccc(-c3nc(/N=C/OC4CCCCC4)ccc3Cl)cc2)CC1. The fourth-order valence-corrected chi connectivity index (χ4v) is 4.65. The molecule has 2 aliphatic carbocycles. The summed E-state index contributed by atoms with van der Waals surface area (Å²) in [5.41, 5.74) is 4.18. The second kappa shape index (κ2) is 10.8. The molecule has 0 aliphatic heterocycles. The number of allylic oxidation sites excluding steroid dienone is 1. The van der Waals surface area contributed by atoms with E-state index in [1.165, 1.54) is 36.8 Å². The number of hydrogen-bond acceptors (Lipinski definition) is 4. The number of nitrogens with zero attached hydrogens (tertiary/aromatic N) is 2. The molecule has 4 rings (SSSR count). The van der Waals surface area contributed by atoms with Gasteiger partial charge in [-0.2, -0.15) is 0 Å². The van der Waals surface area contributed by atoms with E-state index >= 15 is 0 Å². The van der Waals surface area contributed by atoms with Crippen molar-refractivity contribution in [3.63, 3.8) is 0 Å². The Labute approximate surface area is 195 Å². The lowest BCUT2D eigenvalue weighted by molar-refractivity contribution is -0.119. The highest BCUT2D eigenvalue weighted by Crippen LogP contribution is 2.32. The van der Waals surface area contributed by atoms with Crippen molar-refractivity contribution in [3.8, 4) is 11.3 Å². The van der Waals surface area contributed by atoms with Crippen LogP contribution in [-0.4, -0.2) is 29.4 Å². The molecule has 2 aliphatic rings. The Morgan fingerprint density at radius 2 is 1.84 bits per heavy atom. The molecule has 0 spiro atoms. The summed E-state index contributed by atoms with van der Waals surface area (Å²) < 4.78 is 5.78. The highest BCUT2D eigenvalue weighted by Gasteiger charge is 2.16. The van der Waals surface area contributed by atoms with Gasteiger partial charge in [0.25, 0.3) is 0 Å². The van der Waals surface area contributed by atoms with E-state index in [-0.39, 0.29) is 18.1 Å². The molecule has 1 amide bonds. The molecule has 2 aromatic rings. The fourth-order valence-electron chi connectivity index (χ4n) is 4.43. The lowest BCUT2D eigenvalue weighted by Gasteiger charge is -2.22. The van der Waals surface area contributed by atoms with Gasteiger partial charge in [0, 0.05) is 18.5 Å². The second-order valence-corrected chi connectivity index (χ2v) is 9.02. The van der Waals surface area contributed by atoms with Crippen LogP contribution >= 0.6 is 11.6 Å². The average molecular weight is 452 g/mol. The maximum absolute atomic E-state index is 11.3. The van der Waals surface area contributed by atoms with Crippen LogP contribution in [0.4, 0.5) is 5.82 Å². The zero-order valence-corrected chi connectivity index (χ0v) is 19.3. The van der Waals surface area contributed by atoms with Gasteiger partial charge < -0.3 is 10.1 Å². The summed E-state index contributed by atoms with van der Waals surface area (Å²) in [7, 11) is 0. The first kappa shape index (κ1) is 22.5. The molecule has 1 fully saturated rings. The van der Waals surface area contributed by atoms with Crippen molar-refractivity contribution >= 4 is 35.3 Å². The third-order valence-corrected chi connectivity index (χ3v) is 6.47. The molecule has 5 nitrogen and oxygen atoms in total. The van der Waals surface area contributed by atoms with E-state index < -0.39 is 0 Å². The standard InChI is InChI=1S/C26H30ClN3O2/c1-18(31)29-22-13-11-20(12-14-22)19-7-9-21(10-8-19)26-24(27)15-16-25(30-26)28-17-32-23-5-3-2-4-6-23/h7-11,15-17,22-23H,2-6,12-14H2,1H3,(H,29,31)/b28-17+. The van der Waals surface area contributed by atoms with E-state index in [1.54, 1.807) is 13.0 Å². The van der Waals surface area contributed by atoms with Crippen LogP contribution in [0.5, 0.6) is 0 Å². The van der Waals surface area contributed by atoms with E-state index in [9.17, 15) is 4.79 Å². The van der Waals surface area contributed by atoms with Crippen LogP contribution in [-0.2, 0) is 9.53 Å². The maximum Gasteiger partial charge on any atom is 0.217 e. The number of nitrogens with one attached hydrogen (secondary N) is 1. The van der Waals surface area contributed by atoms with E-state index in [1.807, 2.05) is 6.07 Å². The summed E-state index contributed by atoms with van der Waals surface area (Å²) in [6, 6.07) is 12.2. The zero-order valence-electron chi connectivity index (χ0n) is 18.5. The third kappa shape index (κ3) is 5.98. The van der Waals surface area contributed by atoms with Gasteiger partial charge in [-0.25, -0.2) is 9.98 Å². The van der Waals surface area contributed by atoms with E-state index in [0.29, 0.717) is 16.5 Å². The van der Waals surface area contributed by atoms with Gasteiger partial charge in [0.1, 0.15) is 0 Å². The summed E-state index contributed by atoms with van der Waals surface area (Å²) >= 11 is 6.44. The average Bonchev–Trinajstić information content (AvgIpc) is 2.81. The molecule has 1 aromatic carbocycles. The Kier molecular flexibility index (Phi) is 7.59. The van der Waals surface area contributed by atoms with Crippen LogP contribution in [0.2, 0.25) is 5.02 Å². The van der Waals surface area contributed by atoms with E-state index in [2.05, 4.69) is 45.6 Å². The zero-order chi connectivity index (χ0) is 22.3. The van der Waals surface area contributed by atoms with Crippen molar-refractivity contribution < 1.29 is 9.53 Å². The van der Waals surface area contributed by atoms with E-state index in [4.69, 9.17) is 16.3 Å². The number of hydrogen-bond donors (Lipinski definition) is 1. The van der Waals surface area contributed by atoms with Gasteiger partial charge in [-0.1, -0.05) is 48.4 Å². The molecule has 1 heterocycles. The Morgan fingerprint density at radius 1 is 1.09 bits per heavy atom. The van der Waals surface area contributed by atoms with Crippen LogP contribution < -0.4 is 5.32 Å². The molecule has 1 atom stereocenters. The van der Waals surface area contributed by atoms with Crippen LogP contribution in [0.3, 0.4) is 0 Å². The van der Waals surface area contributed by atoms with Gasteiger partial charge in [-0.3, -0.25) is 4.79 Å². The third-order valence-electron chi connectivity index (χ3n) is 6.17. The van der Waals surface area contributed by atoms with Gasteiger partial charge in [-0.05, 0) is 68.2 Å². The van der Waals surface area contributed by atoms with Crippen molar-refractivity contribution in [2.45, 2.75) is 70.4 Å². The predicted octanol–water partition coefficient (Wildman–Crippen LogP) is 6.48. The Balaban J connectivity index is 1.42. The number of pyridine rings is 1. The van der Waals surface area contributed by atoms with E-state index in [0.717, 1.165) is 37.7 Å². The number of halogens is 1. The quantitative estimate of drug-likeness (QED) is 0.403. The van der Waals surface area contributed by atoms with Gasteiger partial charge in [0.2, 0.25) is 5.91 Å². The molecule has 0 bridgehead atoms. The van der Waals surface area contributed by atoms with Crippen molar-refractivity contribution in [3.05, 3.63) is 53.1 Å². The first-order chi connectivity index (χ1) is 15.6. The number of rotatable bonds is 6. The minimum Gasteiger partial charge on any atom is -0.480 e. The van der Waals surface area contributed by atoms with Gasteiger partial charge in [-0.15, -0.1) is 0 Å². The number of amides is 1. The van der Waals surface area contributed by atoms with Crippen LogP contribution in [0.15, 0.2) is 47.5 Å². The van der Waals surface area contributed by atoms with Gasteiger partial charge in [0.05, 0.1) is 16.8 Å². The Morgan fingerprint density at radius 3 is 2.53 bits per heavy atom. The number of carbonyl (C=O) groups is 1. The van der Waals surface area contributed by atoms with Gasteiger partial charge >= 0.3 is 0 Å². The molecular weight excluding hydrogens is 422 g/mol. The maximum atomic E-state index is 11.3. The molecule has 1 N–H and O–H groups in total. The molecule has 0 saturated heterocycles. The first-order valence-corrected chi connectivity index (χ1v) is 11.9. The minimum atomic E-state index is 0.0349. The number of benzene rings is 1.